The first-order chi connectivity index (χ1) is 14.6. The number of piperazine rings is 1. The summed E-state index contributed by atoms with van der Waals surface area (Å²) in [6, 6.07) is 5.72. The largest absolute Gasteiger partial charge is 0.358 e. The molecule has 0 saturated carbocycles. The standard InChI is InChI=1S/C22H25FN6O/c1-3-9-27-11-13-28(14-12-27)22(30)16(2)25-21-20(17-4-6-18(23)7-5-17)26-19-15-24-8-10-29(19)21/h3-8,10,15-16,25H,1,9,11-14H2,2H3. The highest BCUT2D eigenvalue weighted by Gasteiger charge is 2.26. The Labute approximate surface area is 174 Å². The lowest BCUT2D eigenvalue weighted by molar-refractivity contribution is -0.133. The summed E-state index contributed by atoms with van der Waals surface area (Å²) in [5.74, 6) is 0.422. The molecule has 2 aromatic heterocycles. The molecule has 1 amide bonds. The molecule has 0 bridgehead atoms. The molecule has 156 valence electrons. The maximum atomic E-state index is 13.4. The number of carbonyl (C=O) groups is 1. The summed E-state index contributed by atoms with van der Waals surface area (Å²) in [6.07, 6.45) is 7.00. The van der Waals surface area contributed by atoms with E-state index < -0.39 is 6.04 Å². The Morgan fingerprint density at radius 3 is 2.70 bits per heavy atom. The molecule has 8 heteroatoms. The molecule has 1 aliphatic heterocycles. The van der Waals surface area contributed by atoms with Gasteiger partial charge in [0.25, 0.3) is 0 Å². The molecule has 1 aromatic carbocycles. The van der Waals surface area contributed by atoms with Crippen molar-refractivity contribution in [3.05, 3.63) is 61.3 Å². The van der Waals surface area contributed by atoms with Crippen molar-refractivity contribution >= 4 is 17.4 Å². The zero-order valence-electron chi connectivity index (χ0n) is 17.0. The van der Waals surface area contributed by atoms with Crippen molar-refractivity contribution in [2.24, 2.45) is 0 Å². The van der Waals surface area contributed by atoms with E-state index in [0.29, 0.717) is 30.2 Å². The minimum absolute atomic E-state index is 0.0438. The molecule has 1 saturated heterocycles. The third-order valence-electron chi connectivity index (χ3n) is 5.34. The Bertz CT molecular complexity index is 1040. The Kier molecular flexibility index (Phi) is 5.76. The predicted octanol–water partition coefficient (Wildman–Crippen LogP) is 2.67. The predicted molar refractivity (Wildman–Crippen MR) is 115 cm³/mol. The van der Waals surface area contributed by atoms with Crippen LogP contribution >= 0.6 is 0 Å². The molecule has 30 heavy (non-hydrogen) atoms. The van der Waals surface area contributed by atoms with Gasteiger partial charge in [-0.2, -0.15) is 0 Å². The van der Waals surface area contributed by atoms with Crippen molar-refractivity contribution < 1.29 is 9.18 Å². The van der Waals surface area contributed by atoms with Crippen molar-refractivity contribution in [1.82, 2.24) is 24.2 Å². The first kappa shape index (κ1) is 20.0. The molecular formula is C22H25FN6O. The van der Waals surface area contributed by atoms with Gasteiger partial charge in [-0.25, -0.2) is 9.37 Å². The van der Waals surface area contributed by atoms with Gasteiger partial charge in [-0.3, -0.25) is 19.1 Å². The number of aromatic nitrogens is 3. The first-order valence-electron chi connectivity index (χ1n) is 10.0. The van der Waals surface area contributed by atoms with E-state index >= 15 is 0 Å². The van der Waals surface area contributed by atoms with Crippen molar-refractivity contribution in [2.45, 2.75) is 13.0 Å². The summed E-state index contributed by atoms with van der Waals surface area (Å²) in [7, 11) is 0. The molecule has 4 rings (SSSR count). The normalized spacial score (nSPS) is 15.9. The molecule has 3 aromatic rings. The molecule has 0 spiro atoms. The monoisotopic (exact) mass is 408 g/mol. The van der Waals surface area contributed by atoms with Crippen molar-refractivity contribution in [3.63, 3.8) is 0 Å². The van der Waals surface area contributed by atoms with Crippen LogP contribution in [0.25, 0.3) is 16.9 Å². The summed E-state index contributed by atoms with van der Waals surface area (Å²) >= 11 is 0. The Hall–Kier alpha value is -3.26. The van der Waals surface area contributed by atoms with Gasteiger partial charge in [0.2, 0.25) is 5.91 Å². The third-order valence-corrected chi connectivity index (χ3v) is 5.34. The van der Waals surface area contributed by atoms with Gasteiger partial charge in [0, 0.05) is 50.7 Å². The number of hydrogen-bond acceptors (Lipinski definition) is 5. The molecule has 0 radical (unpaired) electrons. The SMILES string of the molecule is C=CCN1CCN(C(=O)C(C)Nc2c(-c3ccc(F)cc3)nc3cnccn23)CC1. The van der Waals surface area contributed by atoms with Crippen LogP contribution in [0.2, 0.25) is 0 Å². The second kappa shape index (κ2) is 8.62. The minimum atomic E-state index is -0.441. The number of rotatable bonds is 6. The van der Waals surface area contributed by atoms with Crippen LogP contribution in [0.15, 0.2) is 55.5 Å². The summed E-state index contributed by atoms with van der Waals surface area (Å²) in [4.78, 5) is 26.0. The lowest BCUT2D eigenvalue weighted by Crippen LogP contribution is -2.52. The van der Waals surface area contributed by atoms with Crippen LogP contribution in [0.5, 0.6) is 0 Å². The van der Waals surface area contributed by atoms with Gasteiger partial charge in [0.1, 0.15) is 23.4 Å². The van der Waals surface area contributed by atoms with Crippen LogP contribution in [-0.2, 0) is 4.79 Å². The van der Waals surface area contributed by atoms with Gasteiger partial charge in [-0.1, -0.05) is 6.08 Å². The maximum Gasteiger partial charge on any atom is 0.244 e. The summed E-state index contributed by atoms with van der Waals surface area (Å²) in [5.41, 5.74) is 2.07. The second-order valence-electron chi connectivity index (χ2n) is 7.40. The number of halogens is 1. The van der Waals surface area contributed by atoms with E-state index in [9.17, 15) is 9.18 Å². The number of carbonyl (C=O) groups excluding carboxylic acids is 1. The minimum Gasteiger partial charge on any atom is -0.358 e. The van der Waals surface area contributed by atoms with Crippen molar-refractivity contribution in [1.29, 1.82) is 0 Å². The fraction of sp³-hybridized carbons (Fsp3) is 0.318. The van der Waals surface area contributed by atoms with Gasteiger partial charge >= 0.3 is 0 Å². The number of hydrogen-bond donors (Lipinski definition) is 1. The summed E-state index contributed by atoms with van der Waals surface area (Å²) in [5, 5.41) is 3.34. The van der Waals surface area contributed by atoms with Crippen LogP contribution < -0.4 is 5.32 Å². The molecule has 7 nitrogen and oxygen atoms in total. The van der Waals surface area contributed by atoms with Gasteiger partial charge in [0.05, 0.1) is 6.20 Å². The van der Waals surface area contributed by atoms with E-state index in [1.807, 2.05) is 22.3 Å². The van der Waals surface area contributed by atoms with Crippen molar-refractivity contribution in [3.8, 4) is 11.3 Å². The van der Waals surface area contributed by atoms with Crippen LogP contribution in [0, 0.1) is 5.82 Å². The van der Waals surface area contributed by atoms with Crippen LogP contribution in [0.1, 0.15) is 6.92 Å². The summed E-state index contributed by atoms with van der Waals surface area (Å²) in [6.45, 7) is 9.54. The highest BCUT2D eigenvalue weighted by molar-refractivity contribution is 5.86. The van der Waals surface area contributed by atoms with E-state index in [-0.39, 0.29) is 11.7 Å². The number of nitrogens with one attached hydrogen (secondary N) is 1. The quantitative estimate of drug-likeness (QED) is 0.636. The topological polar surface area (TPSA) is 65.8 Å². The molecule has 1 atom stereocenters. The summed E-state index contributed by atoms with van der Waals surface area (Å²) < 4.78 is 15.3. The molecule has 1 aliphatic rings. The van der Waals surface area contributed by atoms with E-state index in [1.165, 1.54) is 12.1 Å². The fourth-order valence-corrected chi connectivity index (χ4v) is 3.73. The lowest BCUT2D eigenvalue weighted by atomic mass is 10.1. The third kappa shape index (κ3) is 4.04. The lowest BCUT2D eigenvalue weighted by Gasteiger charge is -2.35. The maximum absolute atomic E-state index is 13.4. The Morgan fingerprint density at radius 2 is 2.00 bits per heavy atom. The molecule has 3 heterocycles. The first-order valence-corrected chi connectivity index (χ1v) is 10.0. The smallest absolute Gasteiger partial charge is 0.244 e. The average Bonchev–Trinajstić information content (AvgIpc) is 3.13. The Morgan fingerprint density at radius 1 is 1.27 bits per heavy atom. The number of fused-ring (bicyclic) bond motifs is 1. The zero-order valence-corrected chi connectivity index (χ0v) is 17.0. The van der Waals surface area contributed by atoms with Crippen LogP contribution in [-0.4, -0.2) is 68.8 Å². The molecular weight excluding hydrogens is 383 g/mol. The second-order valence-corrected chi connectivity index (χ2v) is 7.40. The van der Waals surface area contributed by atoms with E-state index in [0.717, 1.165) is 25.2 Å². The molecule has 0 aliphatic carbocycles. The number of nitrogens with zero attached hydrogens (tertiary/aromatic N) is 5. The fourth-order valence-electron chi connectivity index (χ4n) is 3.73. The van der Waals surface area contributed by atoms with Gasteiger partial charge in [-0.05, 0) is 31.2 Å². The van der Waals surface area contributed by atoms with Crippen LogP contribution in [0.3, 0.4) is 0 Å². The van der Waals surface area contributed by atoms with E-state index in [2.05, 4.69) is 26.8 Å². The molecule has 1 unspecified atom stereocenters. The number of imidazole rings is 1. The van der Waals surface area contributed by atoms with Crippen LogP contribution in [0.4, 0.5) is 10.2 Å². The van der Waals surface area contributed by atoms with Gasteiger partial charge in [-0.15, -0.1) is 6.58 Å². The zero-order chi connectivity index (χ0) is 21.1. The molecule has 1 N–H and O–H groups in total. The van der Waals surface area contributed by atoms with E-state index in [1.54, 1.807) is 30.7 Å². The highest BCUT2D eigenvalue weighted by atomic mass is 19.1. The van der Waals surface area contributed by atoms with Gasteiger partial charge < -0.3 is 10.2 Å². The number of benzene rings is 1. The Balaban J connectivity index is 1.57. The number of anilines is 1. The molecule has 1 fully saturated rings. The van der Waals surface area contributed by atoms with Crippen molar-refractivity contribution in [2.75, 3.05) is 38.0 Å². The average molecular weight is 408 g/mol. The number of amides is 1. The highest BCUT2D eigenvalue weighted by Crippen LogP contribution is 2.29. The van der Waals surface area contributed by atoms with E-state index in [4.69, 9.17) is 0 Å². The van der Waals surface area contributed by atoms with Gasteiger partial charge in [0.15, 0.2) is 5.65 Å².